The fraction of sp³-hybridized carbons (Fsp3) is 0.111. The van der Waals surface area contributed by atoms with Crippen LogP contribution in [0.25, 0.3) is 33.9 Å². The number of anilines is 1. The van der Waals surface area contributed by atoms with E-state index in [0.717, 1.165) is 11.1 Å². The van der Waals surface area contributed by atoms with Gasteiger partial charge in [0.2, 0.25) is 0 Å². The summed E-state index contributed by atoms with van der Waals surface area (Å²) in [6, 6.07) is 17.6. The molecular formula is C27H21N3O5. The Hall–Kier alpha value is -4.72. The topological polar surface area (TPSA) is 107 Å². The number of aryl methyl sites for hydroxylation is 2. The minimum Gasteiger partial charge on any atom is -0.463 e. The van der Waals surface area contributed by atoms with E-state index in [0.29, 0.717) is 39.6 Å². The molecule has 2 aromatic carbocycles. The standard InChI is InChI=1S/C27H21N3O5/c1-16-11-17(2)13-19(12-16)28-24(31)15-35-27(32)18-7-8-20-21(14-18)30-26(23-6-4-10-34-23)25(29-20)22-5-3-9-33-22/h3-14H,15H2,1-2H3,(H,28,31). The van der Waals surface area contributed by atoms with Crippen LogP contribution in [-0.4, -0.2) is 28.5 Å². The van der Waals surface area contributed by atoms with Crippen LogP contribution in [0.4, 0.5) is 5.69 Å². The summed E-state index contributed by atoms with van der Waals surface area (Å²) in [7, 11) is 0. The zero-order valence-corrected chi connectivity index (χ0v) is 19.1. The molecule has 0 aliphatic rings. The van der Waals surface area contributed by atoms with Crippen LogP contribution in [0, 0.1) is 13.8 Å². The van der Waals surface area contributed by atoms with E-state index in [4.69, 9.17) is 13.6 Å². The SMILES string of the molecule is Cc1cc(C)cc(NC(=O)COC(=O)c2ccc3nc(-c4ccco4)c(-c4ccco4)nc3c2)c1. The molecule has 8 nitrogen and oxygen atoms in total. The van der Waals surface area contributed by atoms with Crippen LogP contribution in [0.15, 0.2) is 82.0 Å². The first-order valence-electron chi connectivity index (χ1n) is 10.9. The third kappa shape index (κ3) is 4.81. The van der Waals surface area contributed by atoms with Crippen molar-refractivity contribution in [2.24, 2.45) is 0 Å². The van der Waals surface area contributed by atoms with E-state index in [1.165, 1.54) is 0 Å². The molecule has 35 heavy (non-hydrogen) atoms. The molecule has 1 N–H and O–H groups in total. The summed E-state index contributed by atoms with van der Waals surface area (Å²) in [5, 5.41) is 2.74. The van der Waals surface area contributed by atoms with E-state index in [9.17, 15) is 9.59 Å². The number of hydrogen-bond donors (Lipinski definition) is 1. The van der Waals surface area contributed by atoms with Crippen molar-refractivity contribution in [3.8, 4) is 22.9 Å². The van der Waals surface area contributed by atoms with Gasteiger partial charge in [-0.3, -0.25) is 4.79 Å². The summed E-state index contributed by atoms with van der Waals surface area (Å²) in [6.45, 7) is 3.48. The highest BCUT2D eigenvalue weighted by Gasteiger charge is 2.19. The summed E-state index contributed by atoms with van der Waals surface area (Å²) >= 11 is 0. The molecular weight excluding hydrogens is 446 g/mol. The maximum Gasteiger partial charge on any atom is 0.338 e. The van der Waals surface area contributed by atoms with Crippen LogP contribution in [0.2, 0.25) is 0 Å². The second-order valence-electron chi connectivity index (χ2n) is 8.08. The summed E-state index contributed by atoms with van der Waals surface area (Å²) in [6.07, 6.45) is 3.10. The lowest BCUT2D eigenvalue weighted by Gasteiger charge is -2.09. The second-order valence-corrected chi connectivity index (χ2v) is 8.08. The average Bonchev–Trinajstić information content (AvgIpc) is 3.55. The third-order valence-corrected chi connectivity index (χ3v) is 5.25. The molecule has 0 atom stereocenters. The summed E-state index contributed by atoms with van der Waals surface area (Å²) < 4.78 is 16.3. The smallest absolute Gasteiger partial charge is 0.338 e. The molecule has 0 aliphatic carbocycles. The van der Waals surface area contributed by atoms with Crippen LogP contribution in [0.5, 0.6) is 0 Å². The molecule has 3 aromatic heterocycles. The number of aromatic nitrogens is 2. The molecule has 0 fully saturated rings. The third-order valence-electron chi connectivity index (χ3n) is 5.25. The summed E-state index contributed by atoms with van der Waals surface area (Å²) in [5.74, 6) is -0.00278. The van der Waals surface area contributed by atoms with Crippen LogP contribution >= 0.6 is 0 Å². The van der Waals surface area contributed by atoms with Crippen molar-refractivity contribution in [1.82, 2.24) is 9.97 Å². The largest absolute Gasteiger partial charge is 0.463 e. The number of carbonyl (C=O) groups is 2. The minimum absolute atomic E-state index is 0.252. The highest BCUT2D eigenvalue weighted by Crippen LogP contribution is 2.31. The molecule has 0 unspecified atom stereocenters. The monoisotopic (exact) mass is 467 g/mol. The van der Waals surface area contributed by atoms with Crippen LogP contribution in [-0.2, 0) is 9.53 Å². The van der Waals surface area contributed by atoms with Gasteiger partial charge in [0, 0.05) is 5.69 Å². The van der Waals surface area contributed by atoms with Gasteiger partial charge in [-0.15, -0.1) is 0 Å². The molecule has 0 bridgehead atoms. The Labute approximate surface area is 200 Å². The number of fused-ring (bicyclic) bond motifs is 1. The van der Waals surface area contributed by atoms with E-state index in [1.807, 2.05) is 32.0 Å². The molecule has 1 amide bonds. The number of hydrogen-bond acceptors (Lipinski definition) is 7. The van der Waals surface area contributed by atoms with Gasteiger partial charge in [-0.25, -0.2) is 14.8 Å². The van der Waals surface area contributed by atoms with Crippen molar-refractivity contribution >= 4 is 28.6 Å². The first-order chi connectivity index (χ1) is 17.0. The van der Waals surface area contributed by atoms with Crippen molar-refractivity contribution in [3.63, 3.8) is 0 Å². The van der Waals surface area contributed by atoms with Crippen molar-refractivity contribution in [2.75, 3.05) is 11.9 Å². The van der Waals surface area contributed by atoms with Gasteiger partial charge in [-0.05, 0) is 79.6 Å². The Morgan fingerprint density at radius 2 is 1.46 bits per heavy atom. The van der Waals surface area contributed by atoms with Crippen molar-refractivity contribution < 1.29 is 23.2 Å². The van der Waals surface area contributed by atoms with Gasteiger partial charge in [0.05, 0.1) is 29.1 Å². The number of nitrogens with one attached hydrogen (secondary N) is 1. The zero-order valence-electron chi connectivity index (χ0n) is 19.1. The Kier molecular flexibility index (Phi) is 5.85. The second kappa shape index (κ2) is 9.26. The number of furan rings is 2. The fourth-order valence-corrected chi connectivity index (χ4v) is 3.81. The van der Waals surface area contributed by atoms with Crippen LogP contribution in [0.3, 0.4) is 0 Å². The zero-order chi connectivity index (χ0) is 24.4. The van der Waals surface area contributed by atoms with Gasteiger partial charge in [0.1, 0.15) is 11.4 Å². The molecule has 0 spiro atoms. The molecule has 174 valence electrons. The summed E-state index contributed by atoms with van der Waals surface area (Å²) in [4.78, 5) is 34.3. The molecule has 0 saturated heterocycles. The van der Waals surface area contributed by atoms with Crippen LogP contribution < -0.4 is 5.32 Å². The first kappa shape index (κ1) is 22.1. The number of carbonyl (C=O) groups excluding carboxylic acids is 2. The predicted octanol–water partition coefficient (Wildman–Crippen LogP) is 5.56. The minimum atomic E-state index is -0.640. The Morgan fingerprint density at radius 3 is 2.06 bits per heavy atom. The molecule has 0 aliphatic heterocycles. The normalized spacial score (nSPS) is 10.9. The number of amides is 1. The number of benzene rings is 2. The van der Waals surface area contributed by atoms with Gasteiger partial charge in [-0.1, -0.05) is 6.07 Å². The first-order valence-corrected chi connectivity index (χ1v) is 10.9. The molecule has 5 aromatic rings. The maximum absolute atomic E-state index is 12.6. The molecule has 5 rings (SSSR count). The van der Waals surface area contributed by atoms with E-state index >= 15 is 0 Å². The van der Waals surface area contributed by atoms with Crippen LogP contribution in [0.1, 0.15) is 21.5 Å². The van der Waals surface area contributed by atoms with Gasteiger partial charge < -0.3 is 18.9 Å². The number of esters is 1. The number of nitrogens with zero attached hydrogens (tertiary/aromatic N) is 2. The van der Waals surface area contributed by atoms with E-state index in [1.54, 1.807) is 55.0 Å². The van der Waals surface area contributed by atoms with E-state index in [-0.39, 0.29) is 5.56 Å². The van der Waals surface area contributed by atoms with E-state index in [2.05, 4.69) is 15.3 Å². The molecule has 3 heterocycles. The van der Waals surface area contributed by atoms with Gasteiger partial charge in [0.25, 0.3) is 5.91 Å². The molecule has 8 heteroatoms. The van der Waals surface area contributed by atoms with Crippen molar-refractivity contribution in [3.05, 3.63) is 89.9 Å². The maximum atomic E-state index is 12.6. The lowest BCUT2D eigenvalue weighted by atomic mass is 10.1. The average molecular weight is 467 g/mol. The van der Waals surface area contributed by atoms with Crippen molar-refractivity contribution in [1.29, 1.82) is 0 Å². The number of rotatable bonds is 6. The van der Waals surface area contributed by atoms with Gasteiger partial charge >= 0.3 is 5.97 Å². The lowest BCUT2D eigenvalue weighted by Crippen LogP contribution is -2.21. The fourth-order valence-electron chi connectivity index (χ4n) is 3.81. The molecule has 0 saturated carbocycles. The highest BCUT2D eigenvalue weighted by molar-refractivity contribution is 5.97. The summed E-state index contributed by atoms with van der Waals surface area (Å²) in [5.41, 5.74) is 5.00. The Bertz CT molecular complexity index is 1500. The highest BCUT2D eigenvalue weighted by atomic mass is 16.5. The molecule has 0 radical (unpaired) electrons. The Morgan fingerprint density at radius 1 is 0.829 bits per heavy atom. The predicted molar refractivity (Wildman–Crippen MR) is 130 cm³/mol. The van der Waals surface area contributed by atoms with E-state index < -0.39 is 18.5 Å². The lowest BCUT2D eigenvalue weighted by molar-refractivity contribution is -0.119. The van der Waals surface area contributed by atoms with Gasteiger partial charge in [-0.2, -0.15) is 0 Å². The van der Waals surface area contributed by atoms with Gasteiger partial charge in [0.15, 0.2) is 18.1 Å². The van der Waals surface area contributed by atoms with Crippen molar-refractivity contribution in [2.45, 2.75) is 13.8 Å². The number of ether oxygens (including phenoxy) is 1. The quantitative estimate of drug-likeness (QED) is 0.326. The Balaban J connectivity index is 1.36.